The first-order valence-electron chi connectivity index (χ1n) is 3.80. The van der Waals surface area contributed by atoms with E-state index in [1.165, 1.54) is 0 Å². The molecule has 0 radical (unpaired) electrons. The maximum Gasteiger partial charge on any atom is 0.0786 e. The minimum absolute atomic E-state index is 0.398. The molecule has 1 N–H and O–H groups in total. The van der Waals surface area contributed by atoms with Gasteiger partial charge in [0, 0.05) is 12.4 Å². The highest BCUT2D eigenvalue weighted by Crippen LogP contribution is 2.00. The van der Waals surface area contributed by atoms with Crippen LogP contribution in [0.25, 0.3) is 0 Å². The highest BCUT2D eigenvalue weighted by Gasteiger charge is 2.09. The van der Waals surface area contributed by atoms with Crippen molar-refractivity contribution >= 4 is 12.9 Å². The van der Waals surface area contributed by atoms with E-state index in [4.69, 9.17) is 0 Å². The lowest BCUT2D eigenvalue weighted by Gasteiger charge is -2.12. The Morgan fingerprint density at radius 3 is 2.58 bits per heavy atom. The van der Waals surface area contributed by atoms with Crippen molar-refractivity contribution in [2.75, 3.05) is 6.54 Å². The van der Waals surface area contributed by atoms with Gasteiger partial charge in [0.25, 0.3) is 0 Å². The number of aliphatic hydroxyl groups is 1. The second kappa shape index (κ2) is 4.83. The van der Waals surface area contributed by atoms with Crippen molar-refractivity contribution in [2.24, 2.45) is 9.98 Å². The van der Waals surface area contributed by atoms with E-state index in [-0.39, 0.29) is 0 Å². The SMILES string of the molecule is C=N/C=C(C)\C=N/CC(C)(C)O. The van der Waals surface area contributed by atoms with Crippen LogP contribution < -0.4 is 0 Å². The molecule has 0 rings (SSSR count). The van der Waals surface area contributed by atoms with E-state index in [2.05, 4.69) is 16.7 Å². The first-order chi connectivity index (χ1) is 5.45. The molecule has 3 nitrogen and oxygen atoms in total. The summed E-state index contributed by atoms with van der Waals surface area (Å²) in [5.41, 5.74) is 0.188. The first kappa shape index (κ1) is 11.0. The van der Waals surface area contributed by atoms with Crippen LogP contribution >= 0.6 is 0 Å². The number of allylic oxidation sites excluding steroid dienone is 1. The molecule has 0 fully saturated rings. The van der Waals surface area contributed by atoms with Crippen LogP contribution in [0.2, 0.25) is 0 Å². The van der Waals surface area contributed by atoms with Crippen LogP contribution in [-0.2, 0) is 0 Å². The van der Waals surface area contributed by atoms with Gasteiger partial charge in [0.1, 0.15) is 0 Å². The third-order valence-electron chi connectivity index (χ3n) is 1.07. The third-order valence-corrected chi connectivity index (χ3v) is 1.07. The maximum atomic E-state index is 9.29. The second-order valence-electron chi connectivity index (χ2n) is 3.34. The summed E-state index contributed by atoms with van der Waals surface area (Å²) in [6, 6.07) is 0. The molecule has 0 bridgehead atoms. The molecule has 0 heterocycles. The van der Waals surface area contributed by atoms with Crippen molar-refractivity contribution in [1.82, 2.24) is 0 Å². The molecule has 0 aliphatic heterocycles. The Kier molecular flexibility index (Phi) is 4.44. The van der Waals surface area contributed by atoms with Crippen LogP contribution in [0, 0.1) is 0 Å². The lowest BCUT2D eigenvalue weighted by atomic mass is 10.1. The first-order valence-corrected chi connectivity index (χ1v) is 3.80. The number of rotatable bonds is 4. The van der Waals surface area contributed by atoms with Crippen molar-refractivity contribution in [3.8, 4) is 0 Å². The molecule has 0 aliphatic carbocycles. The van der Waals surface area contributed by atoms with Crippen LogP contribution in [0.5, 0.6) is 0 Å². The Morgan fingerprint density at radius 2 is 2.17 bits per heavy atom. The molecule has 0 unspecified atom stereocenters. The summed E-state index contributed by atoms with van der Waals surface area (Å²) < 4.78 is 0. The summed E-state index contributed by atoms with van der Waals surface area (Å²) in [6.07, 6.45) is 3.29. The monoisotopic (exact) mass is 168 g/mol. The summed E-state index contributed by atoms with van der Waals surface area (Å²) in [6.45, 7) is 9.03. The third kappa shape index (κ3) is 7.15. The Bertz CT molecular complexity index is 199. The number of hydrogen-bond donors (Lipinski definition) is 1. The van der Waals surface area contributed by atoms with Crippen molar-refractivity contribution in [3.63, 3.8) is 0 Å². The van der Waals surface area contributed by atoms with Crippen LogP contribution in [0.3, 0.4) is 0 Å². The molecule has 0 amide bonds. The molecular formula is C9H16N2O. The van der Waals surface area contributed by atoms with E-state index in [0.29, 0.717) is 6.54 Å². The van der Waals surface area contributed by atoms with Gasteiger partial charge < -0.3 is 5.11 Å². The van der Waals surface area contributed by atoms with Crippen LogP contribution in [-0.4, -0.2) is 30.2 Å². The van der Waals surface area contributed by atoms with E-state index in [1.807, 2.05) is 6.92 Å². The highest BCUT2D eigenvalue weighted by molar-refractivity contribution is 5.77. The lowest BCUT2D eigenvalue weighted by Crippen LogP contribution is -2.22. The van der Waals surface area contributed by atoms with Gasteiger partial charge in [-0.15, -0.1) is 0 Å². The Morgan fingerprint density at radius 1 is 1.58 bits per heavy atom. The molecule has 0 saturated heterocycles. The summed E-state index contributed by atoms with van der Waals surface area (Å²) in [5, 5.41) is 9.29. The van der Waals surface area contributed by atoms with E-state index in [9.17, 15) is 5.11 Å². The molecule has 0 saturated carbocycles. The molecule has 0 aromatic heterocycles. The van der Waals surface area contributed by atoms with Gasteiger partial charge in [-0.1, -0.05) is 0 Å². The van der Waals surface area contributed by atoms with Crippen molar-refractivity contribution < 1.29 is 5.11 Å². The zero-order valence-corrected chi connectivity index (χ0v) is 7.91. The van der Waals surface area contributed by atoms with E-state index < -0.39 is 5.60 Å². The van der Waals surface area contributed by atoms with Crippen molar-refractivity contribution in [3.05, 3.63) is 11.8 Å². The van der Waals surface area contributed by atoms with Gasteiger partial charge in [-0.25, -0.2) is 0 Å². The smallest absolute Gasteiger partial charge is 0.0786 e. The van der Waals surface area contributed by atoms with Crippen LogP contribution in [0.1, 0.15) is 20.8 Å². The summed E-state index contributed by atoms with van der Waals surface area (Å²) in [5.74, 6) is 0. The molecule has 0 aromatic rings. The predicted octanol–water partition coefficient (Wildman–Crippen LogP) is 1.43. The van der Waals surface area contributed by atoms with Gasteiger partial charge in [0.15, 0.2) is 0 Å². The van der Waals surface area contributed by atoms with Gasteiger partial charge in [-0.2, -0.15) is 0 Å². The molecular weight excluding hydrogens is 152 g/mol. The molecule has 3 heteroatoms. The molecule has 0 aromatic carbocycles. The fourth-order valence-corrected chi connectivity index (χ4v) is 0.590. The van der Waals surface area contributed by atoms with E-state index >= 15 is 0 Å². The summed E-state index contributed by atoms with van der Waals surface area (Å²) >= 11 is 0. The van der Waals surface area contributed by atoms with E-state index in [1.54, 1.807) is 26.3 Å². The zero-order chi connectivity index (χ0) is 9.61. The summed E-state index contributed by atoms with van der Waals surface area (Å²) in [4.78, 5) is 7.61. The maximum absolute atomic E-state index is 9.29. The van der Waals surface area contributed by atoms with Gasteiger partial charge >= 0.3 is 0 Å². The van der Waals surface area contributed by atoms with Crippen molar-refractivity contribution in [1.29, 1.82) is 0 Å². The average Bonchev–Trinajstić information content (AvgIpc) is 1.84. The molecule has 0 spiro atoms. The number of aliphatic imine (C=N–C) groups is 2. The average molecular weight is 168 g/mol. The fourth-order valence-electron chi connectivity index (χ4n) is 0.590. The standard InChI is InChI=1S/C9H16N2O/c1-8(5-10-4)6-11-7-9(2,3)12/h5-6,12H,4,7H2,1-3H3/b8-5-,11-6-. The highest BCUT2D eigenvalue weighted by atomic mass is 16.3. The summed E-state index contributed by atoms with van der Waals surface area (Å²) in [7, 11) is 0. The normalized spacial score (nSPS) is 13.8. The Balaban J connectivity index is 3.93. The predicted molar refractivity (Wildman–Crippen MR) is 53.0 cm³/mol. The van der Waals surface area contributed by atoms with E-state index in [0.717, 1.165) is 5.57 Å². The fraction of sp³-hybridized carbons (Fsp3) is 0.556. The molecule has 0 atom stereocenters. The molecule has 0 aliphatic rings. The van der Waals surface area contributed by atoms with Gasteiger partial charge in [0.05, 0.1) is 12.1 Å². The van der Waals surface area contributed by atoms with Crippen LogP contribution in [0.15, 0.2) is 21.8 Å². The Labute approximate surface area is 73.6 Å². The van der Waals surface area contributed by atoms with Gasteiger partial charge in [-0.3, -0.25) is 9.98 Å². The lowest BCUT2D eigenvalue weighted by molar-refractivity contribution is 0.0906. The Hall–Kier alpha value is -0.960. The molecule has 68 valence electrons. The van der Waals surface area contributed by atoms with Crippen LogP contribution in [0.4, 0.5) is 0 Å². The minimum Gasteiger partial charge on any atom is -0.389 e. The topological polar surface area (TPSA) is 45.0 Å². The molecule has 12 heavy (non-hydrogen) atoms. The van der Waals surface area contributed by atoms with Gasteiger partial charge in [-0.05, 0) is 33.1 Å². The van der Waals surface area contributed by atoms with Gasteiger partial charge in [0.2, 0.25) is 0 Å². The largest absolute Gasteiger partial charge is 0.389 e. The van der Waals surface area contributed by atoms with Crippen molar-refractivity contribution in [2.45, 2.75) is 26.4 Å². The number of hydrogen-bond acceptors (Lipinski definition) is 3. The minimum atomic E-state index is -0.738. The second-order valence-corrected chi connectivity index (χ2v) is 3.34. The number of nitrogens with zero attached hydrogens (tertiary/aromatic N) is 2. The quantitative estimate of drug-likeness (QED) is 0.634. The zero-order valence-electron chi connectivity index (χ0n) is 7.91.